The van der Waals surface area contributed by atoms with Crippen LogP contribution in [0.2, 0.25) is 5.15 Å². The van der Waals surface area contributed by atoms with Crippen molar-refractivity contribution in [2.24, 2.45) is 0 Å². The molecule has 6 heteroatoms. The summed E-state index contributed by atoms with van der Waals surface area (Å²) in [5, 5.41) is 2.54. The van der Waals surface area contributed by atoms with Crippen LogP contribution in [0.4, 0.5) is 5.82 Å². The van der Waals surface area contributed by atoms with Gasteiger partial charge < -0.3 is 5.73 Å². The second-order valence-corrected chi connectivity index (χ2v) is 4.89. The topological polar surface area (TPSA) is 77.6 Å². The number of halogens is 1. The summed E-state index contributed by atoms with van der Waals surface area (Å²) in [6, 6.07) is 11.0. The third kappa shape index (κ3) is 3.27. The second-order valence-electron chi connectivity index (χ2n) is 4.51. The summed E-state index contributed by atoms with van der Waals surface area (Å²) in [6.45, 7) is 0. The van der Waals surface area contributed by atoms with E-state index in [0.717, 1.165) is 21.8 Å². The van der Waals surface area contributed by atoms with Crippen LogP contribution < -0.4 is 5.73 Å². The monoisotopic (exact) mass is 309 g/mol. The zero-order valence-electron chi connectivity index (χ0n) is 11.5. The Hall–Kier alpha value is -2.79. The lowest BCUT2D eigenvalue weighted by molar-refractivity contribution is 1.32. The molecule has 0 amide bonds. The standard InChI is InChI=1S/C8H5ClN2.C8H7N3/c2*9-8-2-1-6-5-10-4-3-7(6)11-8/h1-5H;1-5H,(H2,9,11). The molecular weight excluding hydrogens is 298 g/mol. The normalized spacial score (nSPS) is 10.2. The van der Waals surface area contributed by atoms with Gasteiger partial charge >= 0.3 is 0 Å². The van der Waals surface area contributed by atoms with Gasteiger partial charge in [-0.3, -0.25) is 9.97 Å². The van der Waals surface area contributed by atoms with Crippen LogP contribution in [0.5, 0.6) is 0 Å². The van der Waals surface area contributed by atoms with Gasteiger partial charge in [0.25, 0.3) is 0 Å². The second kappa shape index (κ2) is 6.32. The van der Waals surface area contributed by atoms with Gasteiger partial charge in [-0.25, -0.2) is 9.97 Å². The number of aromatic nitrogens is 4. The Balaban J connectivity index is 0.000000131. The first-order valence-electron chi connectivity index (χ1n) is 6.55. The Morgan fingerprint density at radius 3 is 2.00 bits per heavy atom. The Morgan fingerprint density at radius 1 is 0.727 bits per heavy atom. The smallest absolute Gasteiger partial charge is 0.129 e. The van der Waals surface area contributed by atoms with Crippen molar-refractivity contribution in [3.8, 4) is 0 Å². The maximum absolute atomic E-state index is 5.69. The highest BCUT2D eigenvalue weighted by molar-refractivity contribution is 6.29. The van der Waals surface area contributed by atoms with Crippen molar-refractivity contribution in [1.82, 2.24) is 19.9 Å². The van der Waals surface area contributed by atoms with Crippen LogP contribution in [0.15, 0.2) is 61.2 Å². The van der Waals surface area contributed by atoms with Crippen LogP contribution in [0.25, 0.3) is 21.8 Å². The average Bonchev–Trinajstić information content (AvgIpc) is 2.55. The van der Waals surface area contributed by atoms with E-state index in [1.807, 2.05) is 24.3 Å². The number of nitrogens with zero attached hydrogens (tertiary/aromatic N) is 4. The average molecular weight is 310 g/mol. The lowest BCUT2D eigenvalue weighted by atomic mass is 10.3. The molecule has 0 aliphatic carbocycles. The minimum Gasteiger partial charge on any atom is -0.384 e. The molecule has 0 saturated heterocycles. The zero-order valence-corrected chi connectivity index (χ0v) is 12.3. The summed E-state index contributed by atoms with van der Waals surface area (Å²) in [7, 11) is 0. The first-order chi connectivity index (χ1) is 10.7. The molecule has 0 bridgehead atoms. The van der Waals surface area contributed by atoms with E-state index in [-0.39, 0.29) is 0 Å². The molecular formula is C16H12ClN5. The molecule has 0 atom stereocenters. The van der Waals surface area contributed by atoms with Crippen molar-refractivity contribution in [2.45, 2.75) is 0 Å². The summed E-state index contributed by atoms with van der Waals surface area (Å²) < 4.78 is 0. The van der Waals surface area contributed by atoms with E-state index in [4.69, 9.17) is 17.3 Å². The van der Waals surface area contributed by atoms with Gasteiger partial charge in [-0.1, -0.05) is 11.6 Å². The Labute approximate surface area is 131 Å². The molecule has 5 nitrogen and oxygen atoms in total. The molecule has 0 aliphatic rings. The van der Waals surface area contributed by atoms with Crippen molar-refractivity contribution in [2.75, 3.05) is 5.73 Å². The molecule has 0 aliphatic heterocycles. The van der Waals surface area contributed by atoms with E-state index in [0.29, 0.717) is 11.0 Å². The predicted octanol–water partition coefficient (Wildman–Crippen LogP) is 3.50. The van der Waals surface area contributed by atoms with Crippen LogP contribution in [0.1, 0.15) is 0 Å². The highest BCUT2D eigenvalue weighted by atomic mass is 35.5. The third-order valence-electron chi connectivity index (χ3n) is 2.97. The van der Waals surface area contributed by atoms with Crippen LogP contribution >= 0.6 is 11.6 Å². The largest absolute Gasteiger partial charge is 0.384 e. The molecule has 0 radical (unpaired) electrons. The number of nitrogen functional groups attached to an aromatic ring is 1. The van der Waals surface area contributed by atoms with Crippen LogP contribution in [0.3, 0.4) is 0 Å². The number of nitrogens with two attached hydrogens (primary N) is 1. The fourth-order valence-corrected chi connectivity index (χ4v) is 2.08. The lowest BCUT2D eigenvalue weighted by Crippen LogP contribution is -1.89. The molecule has 22 heavy (non-hydrogen) atoms. The number of rotatable bonds is 0. The Morgan fingerprint density at radius 2 is 1.32 bits per heavy atom. The maximum Gasteiger partial charge on any atom is 0.129 e. The van der Waals surface area contributed by atoms with E-state index in [2.05, 4.69) is 19.9 Å². The third-order valence-corrected chi connectivity index (χ3v) is 3.18. The molecule has 0 spiro atoms. The molecule has 0 fully saturated rings. The SMILES string of the molecule is Clc1ccc2cnccc2n1.Nc1ccc2cnccc2n1. The van der Waals surface area contributed by atoms with Gasteiger partial charge in [0.2, 0.25) is 0 Å². The highest BCUT2D eigenvalue weighted by Gasteiger charge is 1.93. The molecule has 2 N–H and O–H groups in total. The van der Waals surface area contributed by atoms with E-state index in [1.165, 1.54) is 0 Å². The van der Waals surface area contributed by atoms with Gasteiger partial charge in [0.15, 0.2) is 0 Å². The molecule has 0 saturated carbocycles. The fraction of sp³-hybridized carbons (Fsp3) is 0. The quantitative estimate of drug-likeness (QED) is 0.503. The Bertz CT molecular complexity index is 849. The number of pyridine rings is 4. The van der Waals surface area contributed by atoms with Crippen molar-refractivity contribution in [3.63, 3.8) is 0 Å². The van der Waals surface area contributed by atoms with E-state index >= 15 is 0 Å². The molecule has 4 aromatic heterocycles. The van der Waals surface area contributed by atoms with Gasteiger partial charge in [0, 0.05) is 35.6 Å². The van der Waals surface area contributed by atoms with E-state index in [1.54, 1.807) is 36.9 Å². The number of hydrogen-bond acceptors (Lipinski definition) is 5. The first kappa shape index (κ1) is 14.2. The van der Waals surface area contributed by atoms with Crippen LogP contribution in [0, 0.1) is 0 Å². The minimum atomic E-state index is 0.517. The summed E-state index contributed by atoms with van der Waals surface area (Å²) >= 11 is 5.69. The minimum absolute atomic E-state index is 0.517. The summed E-state index contributed by atoms with van der Waals surface area (Å²) in [4.78, 5) is 16.1. The van der Waals surface area contributed by atoms with Crippen LogP contribution in [-0.2, 0) is 0 Å². The summed E-state index contributed by atoms with van der Waals surface area (Å²) in [5.74, 6) is 0.545. The molecule has 0 unspecified atom stereocenters. The van der Waals surface area contributed by atoms with Crippen LogP contribution in [-0.4, -0.2) is 19.9 Å². The van der Waals surface area contributed by atoms with Crippen molar-refractivity contribution < 1.29 is 0 Å². The fourth-order valence-electron chi connectivity index (χ4n) is 1.92. The molecule has 4 heterocycles. The number of anilines is 1. The zero-order chi connectivity index (χ0) is 15.4. The van der Waals surface area contributed by atoms with E-state index < -0.39 is 0 Å². The van der Waals surface area contributed by atoms with Gasteiger partial charge in [0.1, 0.15) is 11.0 Å². The summed E-state index contributed by atoms with van der Waals surface area (Å²) in [5.41, 5.74) is 7.26. The van der Waals surface area contributed by atoms with Gasteiger partial charge in [-0.2, -0.15) is 0 Å². The number of hydrogen-bond donors (Lipinski definition) is 1. The van der Waals surface area contributed by atoms with Crippen molar-refractivity contribution >= 4 is 39.2 Å². The molecule has 4 rings (SSSR count). The number of fused-ring (bicyclic) bond motifs is 2. The maximum atomic E-state index is 5.69. The predicted molar refractivity (Wildman–Crippen MR) is 88.5 cm³/mol. The Kier molecular flexibility index (Phi) is 4.07. The first-order valence-corrected chi connectivity index (χ1v) is 6.93. The molecule has 4 aromatic rings. The molecule has 108 valence electrons. The van der Waals surface area contributed by atoms with E-state index in [9.17, 15) is 0 Å². The lowest BCUT2D eigenvalue weighted by Gasteiger charge is -1.95. The summed E-state index contributed by atoms with van der Waals surface area (Å²) in [6.07, 6.45) is 6.93. The van der Waals surface area contributed by atoms with Crippen molar-refractivity contribution in [3.05, 3.63) is 66.3 Å². The highest BCUT2D eigenvalue weighted by Crippen LogP contribution is 2.13. The van der Waals surface area contributed by atoms with Gasteiger partial charge in [-0.15, -0.1) is 0 Å². The van der Waals surface area contributed by atoms with Crippen molar-refractivity contribution in [1.29, 1.82) is 0 Å². The van der Waals surface area contributed by atoms with Gasteiger partial charge in [0.05, 0.1) is 11.0 Å². The molecule has 0 aromatic carbocycles. The van der Waals surface area contributed by atoms with Gasteiger partial charge in [-0.05, 0) is 36.4 Å².